The molecule has 0 aromatic carbocycles. The van der Waals surface area contributed by atoms with Crippen molar-refractivity contribution in [1.82, 2.24) is 10.6 Å². The van der Waals surface area contributed by atoms with E-state index in [4.69, 9.17) is 0 Å². The molecule has 0 amide bonds. The first kappa shape index (κ1) is 13.8. The molecule has 2 N–H and O–H groups in total. The standard InChI is InChI=1S/C12H22N2S2/c1-9-11(5-7-15-3)14-10(2)12(13-9)6-8-16-4/h11-14H,1-2,5-8H2,3-4H3. The second-order valence-electron chi connectivity index (χ2n) is 4.01. The Kier molecular flexibility index (Phi) is 6.21. The van der Waals surface area contributed by atoms with Crippen LogP contribution < -0.4 is 10.6 Å². The minimum atomic E-state index is 0.352. The molecule has 2 nitrogen and oxygen atoms in total. The third-order valence-corrected chi connectivity index (χ3v) is 4.07. The maximum atomic E-state index is 4.11. The second kappa shape index (κ2) is 7.17. The highest BCUT2D eigenvalue weighted by molar-refractivity contribution is 7.98. The average Bonchev–Trinajstić information content (AvgIpc) is 2.28. The fraction of sp³-hybridized carbons (Fsp3) is 0.667. The van der Waals surface area contributed by atoms with Crippen LogP contribution in [-0.2, 0) is 0 Å². The summed E-state index contributed by atoms with van der Waals surface area (Å²) in [7, 11) is 0. The highest BCUT2D eigenvalue weighted by atomic mass is 32.2. The van der Waals surface area contributed by atoms with Crippen molar-refractivity contribution < 1.29 is 0 Å². The molecule has 1 aliphatic rings. The molecule has 1 rings (SSSR count). The minimum absolute atomic E-state index is 0.352. The van der Waals surface area contributed by atoms with Crippen molar-refractivity contribution >= 4 is 23.5 Å². The van der Waals surface area contributed by atoms with Crippen molar-refractivity contribution in [3.05, 3.63) is 24.6 Å². The monoisotopic (exact) mass is 258 g/mol. The number of rotatable bonds is 6. The van der Waals surface area contributed by atoms with Crippen LogP contribution in [-0.4, -0.2) is 36.1 Å². The van der Waals surface area contributed by atoms with Gasteiger partial charge < -0.3 is 10.6 Å². The Labute approximate surface area is 108 Å². The van der Waals surface area contributed by atoms with Gasteiger partial charge in [0.15, 0.2) is 0 Å². The highest BCUT2D eigenvalue weighted by Gasteiger charge is 2.24. The summed E-state index contributed by atoms with van der Waals surface area (Å²) in [5.41, 5.74) is 2.24. The molecule has 0 aliphatic carbocycles. The van der Waals surface area contributed by atoms with Crippen LogP contribution in [0.3, 0.4) is 0 Å². The maximum Gasteiger partial charge on any atom is 0.0659 e. The Morgan fingerprint density at radius 3 is 1.62 bits per heavy atom. The van der Waals surface area contributed by atoms with Gasteiger partial charge in [-0.3, -0.25) is 0 Å². The summed E-state index contributed by atoms with van der Waals surface area (Å²) in [4.78, 5) is 0. The molecular formula is C12H22N2S2. The van der Waals surface area contributed by atoms with Crippen LogP contribution in [0.5, 0.6) is 0 Å². The molecule has 2 atom stereocenters. The van der Waals surface area contributed by atoms with Gasteiger partial charge in [-0.25, -0.2) is 0 Å². The molecular weight excluding hydrogens is 236 g/mol. The van der Waals surface area contributed by atoms with E-state index in [2.05, 4.69) is 36.3 Å². The zero-order chi connectivity index (χ0) is 12.0. The molecule has 4 heteroatoms. The number of hydrogen-bond acceptors (Lipinski definition) is 4. The van der Waals surface area contributed by atoms with E-state index in [1.54, 1.807) is 0 Å². The fourth-order valence-electron chi connectivity index (χ4n) is 1.79. The summed E-state index contributed by atoms with van der Waals surface area (Å²) in [5.74, 6) is 2.31. The molecule has 2 unspecified atom stereocenters. The Morgan fingerprint density at radius 2 is 1.31 bits per heavy atom. The van der Waals surface area contributed by atoms with Crippen molar-refractivity contribution in [2.45, 2.75) is 24.9 Å². The van der Waals surface area contributed by atoms with Crippen molar-refractivity contribution in [2.75, 3.05) is 24.0 Å². The molecule has 0 radical (unpaired) electrons. The van der Waals surface area contributed by atoms with E-state index in [-0.39, 0.29) is 0 Å². The Bertz CT molecular complexity index is 227. The molecule has 1 saturated heterocycles. The van der Waals surface area contributed by atoms with Crippen molar-refractivity contribution in [2.24, 2.45) is 0 Å². The van der Waals surface area contributed by atoms with Crippen molar-refractivity contribution in [3.8, 4) is 0 Å². The van der Waals surface area contributed by atoms with Gasteiger partial charge in [-0.1, -0.05) is 13.2 Å². The number of nitrogens with one attached hydrogen (secondary N) is 2. The van der Waals surface area contributed by atoms with Gasteiger partial charge >= 0.3 is 0 Å². The molecule has 0 spiro atoms. The van der Waals surface area contributed by atoms with Crippen molar-refractivity contribution in [3.63, 3.8) is 0 Å². The van der Waals surface area contributed by atoms with Gasteiger partial charge in [0, 0.05) is 11.4 Å². The molecule has 0 aromatic rings. The third kappa shape index (κ3) is 3.98. The number of piperazine rings is 1. The SMILES string of the molecule is C=C1NC(CCSC)C(=C)NC1CCSC. The van der Waals surface area contributed by atoms with Crippen LogP contribution in [0.25, 0.3) is 0 Å². The van der Waals surface area contributed by atoms with Crippen molar-refractivity contribution in [1.29, 1.82) is 0 Å². The van der Waals surface area contributed by atoms with Gasteiger partial charge in [0.25, 0.3) is 0 Å². The molecule has 1 aliphatic heterocycles. The highest BCUT2D eigenvalue weighted by Crippen LogP contribution is 2.18. The van der Waals surface area contributed by atoms with E-state index in [1.807, 2.05) is 23.5 Å². The maximum absolute atomic E-state index is 4.11. The van der Waals surface area contributed by atoms with Gasteiger partial charge in [0.05, 0.1) is 12.1 Å². The molecule has 0 saturated carbocycles. The summed E-state index contributed by atoms with van der Waals surface area (Å²) >= 11 is 3.74. The zero-order valence-electron chi connectivity index (χ0n) is 10.2. The molecule has 0 bridgehead atoms. The first-order valence-corrected chi connectivity index (χ1v) is 8.36. The van der Waals surface area contributed by atoms with E-state index >= 15 is 0 Å². The first-order valence-electron chi connectivity index (χ1n) is 5.57. The van der Waals surface area contributed by atoms with E-state index in [0.29, 0.717) is 12.1 Å². The average molecular weight is 258 g/mol. The second-order valence-corrected chi connectivity index (χ2v) is 5.98. The van der Waals surface area contributed by atoms with Crippen LogP contribution in [0.4, 0.5) is 0 Å². The Hall–Kier alpha value is -0.220. The molecule has 92 valence electrons. The summed E-state index contributed by atoms with van der Waals surface area (Å²) < 4.78 is 0. The Morgan fingerprint density at radius 1 is 0.938 bits per heavy atom. The summed E-state index contributed by atoms with van der Waals surface area (Å²) in [6.45, 7) is 8.22. The minimum Gasteiger partial charge on any atom is -0.379 e. The normalized spacial score (nSPS) is 25.1. The molecule has 1 heterocycles. The Balaban J connectivity index is 2.43. The number of hydrogen-bond donors (Lipinski definition) is 2. The van der Waals surface area contributed by atoms with Gasteiger partial charge in [0.2, 0.25) is 0 Å². The molecule has 0 aromatic heterocycles. The van der Waals surface area contributed by atoms with Gasteiger partial charge in [0.1, 0.15) is 0 Å². The molecule has 16 heavy (non-hydrogen) atoms. The van der Waals surface area contributed by atoms with E-state index < -0.39 is 0 Å². The topological polar surface area (TPSA) is 24.1 Å². The predicted molar refractivity (Wildman–Crippen MR) is 78.1 cm³/mol. The van der Waals surface area contributed by atoms with Crippen LogP contribution in [0.15, 0.2) is 24.6 Å². The lowest BCUT2D eigenvalue weighted by Gasteiger charge is -2.36. The third-order valence-electron chi connectivity index (χ3n) is 2.78. The lowest BCUT2D eigenvalue weighted by Crippen LogP contribution is -2.50. The predicted octanol–water partition coefficient (Wildman–Crippen LogP) is 2.45. The summed E-state index contributed by atoms with van der Waals surface area (Å²) in [6, 6.07) is 0.705. The van der Waals surface area contributed by atoms with E-state index in [0.717, 1.165) is 35.7 Å². The fourth-order valence-corrected chi connectivity index (χ4v) is 2.73. The van der Waals surface area contributed by atoms with E-state index in [9.17, 15) is 0 Å². The van der Waals surface area contributed by atoms with Gasteiger partial charge in [-0.2, -0.15) is 23.5 Å². The number of thioether (sulfide) groups is 2. The molecule has 1 fully saturated rings. The largest absolute Gasteiger partial charge is 0.379 e. The smallest absolute Gasteiger partial charge is 0.0659 e. The van der Waals surface area contributed by atoms with E-state index in [1.165, 1.54) is 0 Å². The quantitative estimate of drug-likeness (QED) is 0.764. The van der Waals surface area contributed by atoms with Gasteiger partial charge in [-0.15, -0.1) is 0 Å². The zero-order valence-corrected chi connectivity index (χ0v) is 11.8. The van der Waals surface area contributed by atoms with Gasteiger partial charge in [-0.05, 0) is 36.9 Å². The lowest BCUT2D eigenvalue weighted by molar-refractivity contribution is 0.449. The van der Waals surface area contributed by atoms with Crippen LogP contribution >= 0.6 is 23.5 Å². The summed E-state index contributed by atoms with van der Waals surface area (Å²) in [6.07, 6.45) is 6.49. The van der Waals surface area contributed by atoms with Crippen LogP contribution in [0.1, 0.15) is 12.8 Å². The summed E-state index contributed by atoms with van der Waals surface area (Å²) in [5, 5.41) is 6.96. The van der Waals surface area contributed by atoms with Crippen LogP contribution in [0.2, 0.25) is 0 Å². The van der Waals surface area contributed by atoms with Crippen LogP contribution in [0, 0.1) is 0 Å². The lowest BCUT2D eigenvalue weighted by atomic mass is 10.0. The first-order chi connectivity index (χ1) is 7.69.